The second-order valence-corrected chi connectivity index (χ2v) is 5.80. The number of halogens is 2. The van der Waals surface area contributed by atoms with E-state index < -0.39 is 25.1 Å². The Hall–Kier alpha value is -3.62. The van der Waals surface area contributed by atoms with E-state index in [9.17, 15) is 18.4 Å². The zero-order valence-corrected chi connectivity index (χ0v) is 15.1. The number of carbonyl (C=O) groups excluding carboxylic acids is 2. The maximum absolute atomic E-state index is 12.1. The van der Waals surface area contributed by atoms with E-state index in [1.807, 2.05) is 0 Å². The first-order valence-corrected chi connectivity index (χ1v) is 8.59. The molecule has 0 unspecified atom stereocenters. The summed E-state index contributed by atoms with van der Waals surface area (Å²) in [5.41, 5.74) is 1.06. The van der Waals surface area contributed by atoms with Gasteiger partial charge in [-0.3, -0.25) is 4.79 Å². The minimum absolute atomic E-state index is 0.00976. The largest absolute Gasteiger partial charge is 0.486 e. The number of hydrogen-bond donors (Lipinski definition) is 1. The molecule has 9 heteroatoms. The van der Waals surface area contributed by atoms with E-state index in [1.54, 1.807) is 18.2 Å². The highest BCUT2D eigenvalue weighted by atomic mass is 19.3. The Balaban J connectivity index is 1.45. The van der Waals surface area contributed by atoms with Crippen LogP contribution in [-0.2, 0) is 14.3 Å². The summed E-state index contributed by atoms with van der Waals surface area (Å²) in [6.45, 7) is -2.48. The summed E-state index contributed by atoms with van der Waals surface area (Å²) in [5.74, 6) is -0.110. The first-order valence-electron chi connectivity index (χ1n) is 8.59. The van der Waals surface area contributed by atoms with Crippen LogP contribution in [0.1, 0.15) is 5.56 Å². The van der Waals surface area contributed by atoms with Crippen molar-refractivity contribution in [3.8, 4) is 17.2 Å². The predicted octanol–water partition coefficient (Wildman–Crippen LogP) is 3.25. The van der Waals surface area contributed by atoms with Gasteiger partial charge >= 0.3 is 12.6 Å². The van der Waals surface area contributed by atoms with Crippen molar-refractivity contribution in [3.63, 3.8) is 0 Å². The van der Waals surface area contributed by atoms with Crippen molar-refractivity contribution < 1.29 is 37.3 Å². The van der Waals surface area contributed by atoms with Crippen LogP contribution in [0.3, 0.4) is 0 Å². The van der Waals surface area contributed by atoms with E-state index in [4.69, 9.17) is 14.2 Å². The van der Waals surface area contributed by atoms with E-state index in [0.29, 0.717) is 36.0 Å². The van der Waals surface area contributed by atoms with E-state index in [1.165, 1.54) is 30.3 Å². The molecule has 1 aliphatic rings. The lowest BCUT2D eigenvalue weighted by molar-refractivity contribution is -0.142. The lowest BCUT2D eigenvalue weighted by atomic mass is 10.2. The molecular weight excluding hydrogens is 388 g/mol. The highest BCUT2D eigenvalue weighted by Crippen LogP contribution is 2.32. The molecular formula is C20H17F2NO6. The van der Waals surface area contributed by atoms with Crippen molar-refractivity contribution >= 4 is 23.6 Å². The molecule has 1 N–H and O–H groups in total. The third kappa shape index (κ3) is 6.20. The van der Waals surface area contributed by atoms with Crippen molar-refractivity contribution in [1.82, 2.24) is 0 Å². The standard InChI is InChI=1S/C20H17F2NO6/c21-20(22)29-15-5-1-13(2-6-15)3-8-19(25)28-12-18(24)23-14-4-7-16-17(11-14)27-10-9-26-16/h1-8,11,20H,9-10,12H2,(H,23,24)/b8-3+. The molecule has 2 aromatic rings. The highest BCUT2D eigenvalue weighted by Gasteiger charge is 2.13. The van der Waals surface area contributed by atoms with Crippen molar-refractivity contribution in [1.29, 1.82) is 0 Å². The van der Waals surface area contributed by atoms with Gasteiger partial charge in [-0.05, 0) is 35.9 Å². The summed E-state index contributed by atoms with van der Waals surface area (Å²) in [4.78, 5) is 23.7. The molecule has 0 saturated carbocycles. The van der Waals surface area contributed by atoms with Gasteiger partial charge in [0.25, 0.3) is 5.91 Å². The quantitative estimate of drug-likeness (QED) is 0.563. The number of amides is 1. The fourth-order valence-electron chi connectivity index (χ4n) is 2.43. The molecule has 2 aromatic carbocycles. The van der Waals surface area contributed by atoms with Crippen molar-refractivity contribution in [2.45, 2.75) is 6.61 Å². The Kier molecular flexibility index (Phi) is 6.62. The Labute approximate surface area is 164 Å². The van der Waals surface area contributed by atoms with E-state index in [0.717, 1.165) is 6.08 Å². The first kappa shape index (κ1) is 20.1. The molecule has 0 bridgehead atoms. The van der Waals surface area contributed by atoms with Gasteiger partial charge < -0.3 is 24.3 Å². The van der Waals surface area contributed by atoms with Gasteiger partial charge in [-0.2, -0.15) is 8.78 Å². The van der Waals surface area contributed by atoms with Crippen LogP contribution in [0.2, 0.25) is 0 Å². The molecule has 0 atom stereocenters. The van der Waals surface area contributed by atoms with Gasteiger partial charge in [-0.15, -0.1) is 0 Å². The number of esters is 1. The Morgan fingerprint density at radius 2 is 1.79 bits per heavy atom. The van der Waals surface area contributed by atoms with Crippen LogP contribution in [-0.4, -0.2) is 38.3 Å². The molecule has 0 saturated heterocycles. The van der Waals surface area contributed by atoms with Crippen molar-refractivity contribution in [3.05, 3.63) is 54.1 Å². The van der Waals surface area contributed by atoms with Gasteiger partial charge in [0.15, 0.2) is 18.1 Å². The number of ether oxygens (including phenoxy) is 4. The molecule has 0 aliphatic carbocycles. The molecule has 7 nitrogen and oxygen atoms in total. The molecule has 0 aromatic heterocycles. The molecule has 29 heavy (non-hydrogen) atoms. The summed E-state index contributed by atoms with van der Waals surface area (Å²) in [7, 11) is 0. The van der Waals surface area contributed by atoms with Crippen LogP contribution in [0.4, 0.5) is 14.5 Å². The van der Waals surface area contributed by atoms with Crippen molar-refractivity contribution in [2.24, 2.45) is 0 Å². The maximum Gasteiger partial charge on any atom is 0.387 e. The number of anilines is 1. The molecule has 0 radical (unpaired) electrons. The van der Waals surface area contributed by atoms with Gasteiger partial charge in [0.05, 0.1) is 0 Å². The van der Waals surface area contributed by atoms with Crippen molar-refractivity contribution in [2.75, 3.05) is 25.1 Å². The number of carbonyl (C=O) groups is 2. The lowest BCUT2D eigenvalue weighted by Crippen LogP contribution is -2.20. The minimum Gasteiger partial charge on any atom is -0.486 e. The Bertz CT molecular complexity index is 898. The average molecular weight is 405 g/mol. The Morgan fingerprint density at radius 3 is 2.52 bits per heavy atom. The summed E-state index contributed by atoms with van der Waals surface area (Å²) in [5, 5.41) is 2.59. The van der Waals surface area contributed by atoms with E-state index >= 15 is 0 Å². The third-order valence-corrected chi connectivity index (χ3v) is 3.69. The second-order valence-electron chi connectivity index (χ2n) is 5.80. The summed E-state index contributed by atoms with van der Waals surface area (Å²) in [6, 6.07) is 10.6. The summed E-state index contributed by atoms with van der Waals surface area (Å²) >= 11 is 0. The Morgan fingerprint density at radius 1 is 1.07 bits per heavy atom. The number of benzene rings is 2. The molecule has 152 valence electrons. The predicted molar refractivity (Wildman–Crippen MR) is 99.1 cm³/mol. The average Bonchev–Trinajstić information content (AvgIpc) is 2.71. The smallest absolute Gasteiger partial charge is 0.387 e. The minimum atomic E-state index is -2.90. The number of alkyl halides is 2. The van der Waals surface area contributed by atoms with Crippen LogP contribution in [0.15, 0.2) is 48.5 Å². The van der Waals surface area contributed by atoms with Crippen LogP contribution < -0.4 is 19.5 Å². The molecule has 0 fully saturated rings. The zero-order valence-electron chi connectivity index (χ0n) is 15.1. The van der Waals surface area contributed by atoms with Crippen LogP contribution >= 0.6 is 0 Å². The molecule has 1 amide bonds. The van der Waals surface area contributed by atoms with Gasteiger partial charge in [0.1, 0.15) is 19.0 Å². The summed E-state index contributed by atoms with van der Waals surface area (Å²) in [6.07, 6.45) is 2.55. The highest BCUT2D eigenvalue weighted by molar-refractivity contribution is 5.94. The van der Waals surface area contributed by atoms with Crippen LogP contribution in [0.5, 0.6) is 17.2 Å². The number of fused-ring (bicyclic) bond motifs is 1. The van der Waals surface area contributed by atoms with E-state index in [2.05, 4.69) is 10.1 Å². The fourth-order valence-corrected chi connectivity index (χ4v) is 2.43. The van der Waals surface area contributed by atoms with Crippen LogP contribution in [0.25, 0.3) is 6.08 Å². The van der Waals surface area contributed by atoms with Gasteiger partial charge in [0, 0.05) is 17.8 Å². The normalized spacial score (nSPS) is 12.7. The van der Waals surface area contributed by atoms with Gasteiger partial charge in [-0.1, -0.05) is 12.1 Å². The number of hydrogen-bond acceptors (Lipinski definition) is 6. The maximum atomic E-state index is 12.1. The lowest BCUT2D eigenvalue weighted by Gasteiger charge is -2.18. The molecule has 1 heterocycles. The van der Waals surface area contributed by atoms with Gasteiger partial charge in [-0.25, -0.2) is 4.79 Å². The SMILES string of the molecule is O=C(COC(=O)/C=C/c1ccc(OC(F)F)cc1)Nc1ccc2c(c1)OCCO2. The fraction of sp³-hybridized carbons (Fsp3) is 0.200. The van der Waals surface area contributed by atoms with E-state index in [-0.39, 0.29) is 5.75 Å². The molecule has 0 spiro atoms. The summed E-state index contributed by atoms with van der Waals surface area (Å²) < 4.78 is 44.1. The molecule has 3 rings (SSSR count). The topological polar surface area (TPSA) is 83.1 Å². The number of rotatable bonds is 7. The van der Waals surface area contributed by atoms with Gasteiger partial charge in [0.2, 0.25) is 0 Å². The first-order chi connectivity index (χ1) is 14.0. The van der Waals surface area contributed by atoms with Crippen LogP contribution in [0, 0.1) is 0 Å². The monoisotopic (exact) mass is 405 g/mol. The number of nitrogens with one attached hydrogen (secondary N) is 1. The second kappa shape index (κ2) is 9.54. The third-order valence-electron chi connectivity index (χ3n) is 3.69. The zero-order chi connectivity index (χ0) is 20.6. The molecule has 1 aliphatic heterocycles.